The van der Waals surface area contributed by atoms with Gasteiger partial charge in [-0.05, 0) is 18.1 Å². The van der Waals surface area contributed by atoms with E-state index in [1.165, 1.54) is 16.9 Å². The van der Waals surface area contributed by atoms with Gasteiger partial charge in [0.15, 0.2) is 0 Å². The van der Waals surface area contributed by atoms with Gasteiger partial charge in [-0.15, -0.1) is 11.3 Å². The number of halogens is 1. The summed E-state index contributed by atoms with van der Waals surface area (Å²) < 4.78 is 0.771. The predicted octanol–water partition coefficient (Wildman–Crippen LogP) is 2.77. The normalized spacial score (nSPS) is 24.8. The fourth-order valence-corrected chi connectivity index (χ4v) is 2.94. The van der Waals surface area contributed by atoms with Crippen LogP contribution in [0.4, 0.5) is 0 Å². The van der Waals surface area contributed by atoms with Crippen molar-refractivity contribution in [2.45, 2.75) is 13.3 Å². The van der Waals surface area contributed by atoms with E-state index in [9.17, 15) is 0 Å². The third-order valence-electron chi connectivity index (χ3n) is 2.11. The average Bonchev–Trinajstić information content (AvgIpc) is 2.43. The fraction of sp³-hybridized carbons (Fsp3) is 0.375. The molecule has 1 heterocycles. The maximum atomic E-state index is 8.74. The Morgan fingerprint density at radius 2 is 2.50 bits per heavy atom. The molecule has 1 aromatic rings. The van der Waals surface area contributed by atoms with E-state index < -0.39 is 0 Å². The monoisotopic (exact) mass is 201 g/mol. The second-order valence-electron chi connectivity index (χ2n) is 3.00. The SMILES string of the molecule is CC1Cc2cc(Cl)sc2/C1=N/O. The van der Waals surface area contributed by atoms with Crippen LogP contribution < -0.4 is 0 Å². The van der Waals surface area contributed by atoms with E-state index in [-0.39, 0.29) is 0 Å². The van der Waals surface area contributed by atoms with Crippen molar-refractivity contribution in [2.24, 2.45) is 11.1 Å². The lowest BCUT2D eigenvalue weighted by atomic mass is 10.1. The van der Waals surface area contributed by atoms with Gasteiger partial charge in [0, 0.05) is 5.92 Å². The van der Waals surface area contributed by atoms with Gasteiger partial charge >= 0.3 is 0 Å². The zero-order valence-corrected chi connectivity index (χ0v) is 8.11. The van der Waals surface area contributed by atoms with Crippen molar-refractivity contribution in [2.75, 3.05) is 0 Å². The molecule has 0 radical (unpaired) electrons. The molecule has 0 spiro atoms. The Kier molecular flexibility index (Phi) is 1.85. The van der Waals surface area contributed by atoms with Gasteiger partial charge in [-0.2, -0.15) is 0 Å². The van der Waals surface area contributed by atoms with E-state index in [1.807, 2.05) is 6.07 Å². The molecule has 0 saturated carbocycles. The molecule has 0 bridgehead atoms. The molecule has 64 valence electrons. The Hall–Kier alpha value is -0.540. The van der Waals surface area contributed by atoms with Crippen LogP contribution in [0.2, 0.25) is 4.34 Å². The quantitative estimate of drug-likeness (QED) is 0.508. The topological polar surface area (TPSA) is 32.6 Å². The minimum atomic E-state index is 0.327. The van der Waals surface area contributed by atoms with Crippen LogP contribution >= 0.6 is 22.9 Å². The van der Waals surface area contributed by atoms with Gasteiger partial charge in [0.25, 0.3) is 0 Å². The molecule has 2 rings (SSSR count). The van der Waals surface area contributed by atoms with Crippen LogP contribution in [-0.2, 0) is 6.42 Å². The molecule has 1 aliphatic rings. The third kappa shape index (κ3) is 1.04. The summed E-state index contributed by atoms with van der Waals surface area (Å²) in [5.41, 5.74) is 1.99. The molecule has 1 aliphatic carbocycles. The molecule has 1 atom stereocenters. The zero-order chi connectivity index (χ0) is 8.72. The Morgan fingerprint density at radius 3 is 3.17 bits per heavy atom. The van der Waals surface area contributed by atoms with Crippen LogP contribution in [-0.4, -0.2) is 10.9 Å². The summed E-state index contributed by atoms with van der Waals surface area (Å²) in [5, 5.41) is 12.0. The first kappa shape index (κ1) is 8.08. The first-order chi connectivity index (χ1) is 5.72. The molecule has 12 heavy (non-hydrogen) atoms. The summed E-state index contributed by atoms with van der Waals surface area (Å²) in [6, 6.07) is 1.95. The van der Waals surface area contributed by atoms with Crippen molar-refractivity contribution >= 4 is 28.6 Å². The summed E-state index contributed by atoms with van der Waals surface area (Å²) in [4.78, 5) is 1.05. The standard InChI is InChI=1S/C8H8ClNOS/c1-4-2-5-3-6(9)12-8(5)7(4)10-11/h3-4,11H,2H2,1H3/b10-7+. The van der Waals surface area contributed by atoms with Gasteiger partial charge in [-0.3, -0.25) is 0 Å². The minimum Gasteiger partial charge on any atom is -0.411 e. The van der Waals surface area contributed by atoms with Crippen molar-refractivity contribution in [1.29, 1.82) is 0 Å². The van der Waals surface area contributed by atoms with Crippen LogP contribution in [0, 0.1) is 5.92 Å². The number of hydrogen-bond donors (Lipinski definition) is 1. The Labute approximate surface area is 79.5 Å². The highest BCUT2D eigenvalue weighted by Crippen LogP contribution is 2.36. The van der Waals surface area contributed by atoms with Crippen LogP contribution in [0.3, 0.4) is 0 Å². The van der Waals surface area contributed by atoms with Crippen LogP contribution in [0.1, 0.15) is 17.4 Å². The van der Waals surface area contributed by atoms with Crippen molar-refractivity contribution < 1.29 is 5.21 Å². The van der Waals surface area contributed by atoms with Gasteiger partial charge in [0.1, 0.15) is 5.71 Å². The van der Waals surface area contributed by atoms with Crippen LogP contribution in [0.5, 0.6) is 0 Å². The predicted molar refractivity (Wildman–Crippen MR) is 50.5 cm³/mol. The van der Waals surface area contributed by atoms with Crippen molar-refractivity contribution in [3.63, 3.8) is 0 Å². The molecule has 1 aromatic heterocycles. The van der Waals surface area contributed by atoms with Gasteiger partial charge in [0.05, 0.1) is 9.21 Å². The van der Waals surface area contributed by atoms with Gasteiger partial charge < -0.3 is 5.21 Å². The first-order valence-electron chi connectivity index (χ1n) is 3.73. The van der Waals surface area contributed by atoms with Crippen LogP contribution in [0.15, 0.2) is 11.2 Å². The molecule has 0 amide bonds. The molecule has 0 saturated heterocycles. The summed E-state index contributed by atoms with van der Waals surface area (Å²) in [6.07, 6.45) is 0.942. The lowest BCUT2D eigenvalue weighted by Crippen LogP contribution is -2.04. The molecular formula is C8H8ClNOS. The average molecular weight is 202 g/mol. The maximum absolute atomic E-state index is 8.74. The number of thiophene rings is 1. The number of hydrogen-bond acceptors (Lipinski definition) is 3. The molecule has 0 aromatic carbocycles. The molecule has 4 heteroatoms. The number of fused-ring (bicyclic) bond motifs is 1. The lowest BCUT2D eigenvalue weighted by molar-refractivity contribution is 0.316. The van der Waals surface area contributed by atoms with E-state index in [0.717, 1.165) is 21.3 Å². The summed E-state index contributed by atoms with van der Waals surface area (Å²) >= 11 is 7.32. The molecule has 0 fully saturated rings. The van der Waals surface area contributed by atoms with E-state index in [2.05, 4.69) is 12.1 Å². The van der Waals surface area contributed by atoms with E-state index in [0.29, 0.717) is 5.92 Å². The molecule has 2 nitrogen and oxygen atoms in total. The van der Waals surface area contributed by atoms with E-state index in [4.69, 9.17) is 16.8 Å². The second-order valence-corrected chi connectivity index (χ2v) is 4.68. The number of rotatable bonds is 0. The molecule has 1 unspecified atom stereocenters. The van der Waals surface area contributed by atoms with E-state index >= 15 is 0 Å². The Balaban J connectivity index is 2.52. The highest BCUT2D eigenvalue weighted by Gasteiger charge is 2.27. The van der Waals surface area contributed by atoms with E-state index in [1.54, 1.807) is 0 Å². The minimum absolute atomic E-state index is 0.327. The number of oxime groups is 1. The molecule has 1 N–H and O–H groups in total. The highest BCUT2D eigenvalue weighted by atomic mass is 35.5. The smallest absolute Gasteiger partial charge is 0.100 e. The molecular weight excluding hydrogens is 194 g/mol. The van der Waals surface area contributed by atoms with Gasteiger partial charge in [0.2, 0.25) is 0 Å². The highest BCUT2D eigenvalue weighted by molar-refractivity contribution is 7.18. The van der Waals surface area contributed by atoms with Crippen molar-refractivity contribution in [1.82, 2.24) is 0 Å². The first-order valence-corrected chi connectivity index (χ1v) is 4.92. The third-order valence-corrected chi connectivity index (χ3v) is 3.44. The summed E-state index contributed by atoms with van der Waals surface area (Å²) in [6.45, 7) is 2.05. The number of nitrogens with zero attached hydrogens (tertiary/aromatic N) is 1. The van der Waals surface area contributed by atoms with Gasteiger partial charge in [-0.1, -0.05) is 23.7 Å². The maximum Gasteiger partial charge on any atom is 0.100 e. The fourth-order valence-electron chi connectivity index (χ4n) is 1.56. The largest absolute Gasteiger partial charge is 0.411 e. The zero-order valence-electron chi connectivity index (χ0n) is 6.54. The Morgan fingerprint density at radius 1 is 1.75 bits per heavy atom. The van der Waals surface area contributed by atoms with Crippen molar-refractivity contribution in [3.05, 3.63) is 20.8 Å². The second kappa shape index (κ2) is 2.75. The summed E-state index contributed by atoms with van der Waals surface area (Å²) in [5.74, 6) is 0.327. The van der Waals surface area contributed by atoms with Crippen molar-refractivity contribution in [3.8, 4) is 0 Å². The summed E-state index contributed by atoms with van der Waals surface area (Å²) in [7, 11) is 0. The molecule has 0 aliphatic heterocycles. The Bertz CT molecular complexity index is 345. The van der Waals surface area contributed by atoms with Crippen LogP contribution in [0.25, 0.3) is 0 Å². The lowest BCUT2D eigenvalue weighted by Gasteiger charge is -1.99. The van der Waals surface area contributed by atoms with Gasteiger partial charge in [-0.25, -0.2) is 0 Å².